The highest BCUT2D eigenvalue weighted by Crippen LogP contribution is 1.92. The zero-order chi connectivity index (χ0) is 7.11. The van der Waals surface area contributed by atoms with Crippen LogP contribution in [0.3, 0.4) is 0 Å². The molecule has 1 radical (unpaired) electrons. The molecule has 49 valence electrons. The average Bonchev–Trinajstić information content (AvgIpc) is 1.88. The van der Waals surface area contributed by atoms with E-state index in [2.05, 4.69) is 17.2 Å². The third kappa shape index (κ3) is 3.86. The van der Waals surface area contributed by atoms with E-state index < -0.39 is 0 Å². The van der Waals surface area contributed by atoms with Gasteiger partial charge in [-0.05, 0) is 13.2 Å². The van der Waals surface area contributed by atoms with Gasteiger partial charge in [0.1, 0.15) is 0 Å². The Morgan fingerprint density at radius 1 is 2.00 bits per heavy atom. The predicted molar refractivity (Wildman–Crippen MR) is 39.9 cm³/mol. The van der Waals surface area contributed by atoms with E-state index in [9.17, 15) is 0 Å². The van der Waals surface area contributed by atoms with Crippen molar-refractivity contribution in [3.8, 4) is 6.19 Å². The maximum absolute atomic E-state index is 8.08. The van der Waals surface area contributed by atoms with Crippen LogP contribution in [0.25, 0.3) is 0 Å². The van der Waals surface area contributed by atoms with E-state index in [1.54, 1.807) is 6.19 Å². The Labute approximate surface area is 59.2 Å². The summed E-state index contributed by atoms with van der Waals surface area (Å²) in [5.74, 6) is 0. The summed E-state index contributed by atoms with van der Waals surface area (Å²) >= 11 is 1.40. The monoisotopic (exact) mass is 142 g/mol. The van der Waals surface area contributed by atoms with E-state index in [4.69, 9.17) is 5.26 Å². The van der Waals surface area contributed by atoms with Crippen molar-refractivity contribution in [1.82, 2.24) is 5.32 Å². The number of amidine groups is 1. The average molecular weight is 142 g/mol. The van der Waals surface area contributed by atoms with Gasteiger partial charge in [-0.2, -0.15) is 5.26 Å². The Balaban J connectivity index is 3.70. The van der Waals surface area contributed by atoms with Gasteiger partial charge in [-0.1, -0.05) is 11.8 Å². The second-order valence-corrected chi connectivity index (χ2v) is 1.94. The highest BCUT2D eigenvalue weighted by molar-refractivity contribution is 8.13. The van der Waals surface area contributed by atoms with E-state index >= 15 is 0 Å². The standard InChI is InChI=1S/C5H8N3S/c1-3-7-5(9-2)8-4-6/h1,3H2,2H3,(H,7,8). The lowest BCUT2D eigenvalue weighted by Crippen LogP contribution is -2.18. The third-order valence-electron chi connectivity index (χ3n) is 0.621. The zero-order valence-electron chi connectivity index (χ0n) is 5.22. The summed E-state index contributed by atoms with van der Waals surface area (Å²) in [5, 5.41) is 11.5. The molecule has 0 spiro atoms. The van der Waals surface area contributed by atoms with Crippen molar-refractivity contribution in [3.63, 3.8) is 0 Å². The Morgan fingerprint density at radius 2 is 2.67 bits per heavy atom. The first-order valence-corrected chi connectivity index (χ1v) is 3.61. The number of thioether (sulfide) groups is 1. The molecule has 0 fully saturated rings. The molecule has 0 saturated carbocycles. The molecule has 0 aromatic carbocycles. The van der Waals surface area contributed by atoms with Crippen LogP contribution in [-0.4, -0.2) is 18.0 Å². The fourth-order valence-corrected chi connectivity index (χ4v) is 0.688. The highest BCUT2D eigenvalue weighted by atomic mass is 32.2. The number of nitriles is 1. The van der Waals surface area contributed by atoms with E-state index in [1.165, 1.54) is 11.8 Å². The van der Waals surface area contributed by atoms with Crippen LogP contribution in [0, 0.1) is 18.4 Å². The number of nitrogens with one attached hydrogen (secondary N) is 1. The molecule has 0 saturated heterocycles. The number of hydrogen-bond acceptors (Lipinski definition) is 3. The Hall–Kier alpha value is -0.690. The van der Waals surface area contributed by atoms with E-state index in [0.29, 0.717) is 11.7 Å². The van der Waals surface area contributed by atoms with Crippen LogP contribution >= 0.6 is 11.8 Å². The lowest BCUT2D eigenvalue weighted by Gasteiger charge is -1.98. The molecule has 0 atom stereocenters. The van der Waals surface area contributed by atoms with Gasteiger partial charge in [-0.15, -0.1) is 4.99 Å². The van der Waals surface area contributed by atoms with Gasteiger partial charge < -0.3 is 5.32 Å². The molecule has 0 aliphatic rings. The van der Waals surface area contributed by atoms with Crippen molar-refractivity contribution in [2.45, 2.75) is 0 Å². The summed E-state index contributed by atoms with van der Waals surface area (Å²) in [6.45, 7) is 4.10. The van der Waals surface area contributed by atoms with Gasteiger partial charge >= 0.3 is 0 Å². The molecule has 0 rings (SSSR count). The summed E-state index contributed by atoms with van der Waals surface area (Å²) in [5.41, 5.74) is 0. The Morgan fingerprint density at radius 3 is 3.00 bits per heavy atom. The number of aliphatic imine (C=N–C) groups is 1. The molecule has 4 heteroatoms. The minimum Gasteiger partial charge on any atom is -0.364 e. The molecule has 0 bridgehead atoms. The normalized spacial score (nSPS) is 10.6. The fourth-order valence-electron chi connectivity index (χ4n) is 0.310. The van der Waals surface area contributed by atoms with Crippen molar-refractivity contribution in [2.75, 3.05) is 12.8 Å². The van der Waals surface area contributed by atoms with Gasteiger partial charge in [0.05, 0.1) is 0 Å². The smallest absolute Gasteiger partial charge is 0.208 e. The molecule has 3 nitrogen and oxygen atoms in total. The fraction of sp³-hybridized carbons (Fsp3) is 0.400. The topological polar surface area (TPSA) is 48.2 Å². The molecule has 0 amide bonds. The summed E-state index contributed by atoms with van der Waals surface area (Å²) in [7, 11) is 0. The lowest BCUT2D eigenvalue weighted by atomic mass is 10.8. The van der Waals surface area contributed by atoms with Crippen LogP contribution in [0.5, 0.6) is 0 Å². The van der Waals surface area contributed by atoms with E-state index in [0.717, 1.165) is 0 Å². The molecule has 0 aliphatic heterocycles. The van der Waals surface area contributed by atoms with Crippen molar-refractivity contribution in [2.24, 2.45) is 4.99 Å². The van der Waals surface area contributed by atoms with Gasteiger partial charge in [0, 0.05) is 6.54 Å². The first kappa shape index (κ1) is 8.31. The van der Waals surface area contributed by atoms with Crippen molar-refractivity contribution >= 4 is 16.9 Å². The minimum absolute atomic E-state index is 0.557. The Kier molecular flexibility index (Phi) is 5.03. The molecule has 0 aromatic rings. The van der Waals surface area contributed by atoms with Gasteiger partial charge in [0.15, 0.2) is 5.17 Å². The first-order valence-electron chi connectivity index (χ1n) is 2.39. The predicted octanol–water partition coefficient (Wildman–Crippen LogP) is 0.610. The quantitative estimate of drug-likeness (QED) is 0.331. The van der Waals surface area contributed by atoms with Crippen molar-refractivity contribution in [3.05, 3.63) is 6.92 Å². The highest BCUT2D eigenvalue weighted by Gasteiger charge is 1.89. The molecule has 0 heterocycles. The summed E-state index contributed by atoms with van der Waals surface area (Å²) in [4.78, 5) is 3.47. The SMILES string of the molecule is [CH2]CNC(=NC#N)SC. The van der Waals surface area contributed by atoms with E-state index in [-0.39, 0.29) is 0 Å². The summed E-state index contributed by atoms with van der Waals surface area (Å²) in [6.07, 6.45) is 3.53. The molecule has 9 heavy (non-hydrogen) atoms. The molecular weight excluding hydrogens is 134 g/mol. The van der Waals surface area contributed by atoms with Crippen molar-refractivity contribution in [1.29, 1.82) is 5.26 Å². The maximum atomic E-state index is 8.08. The van der Waals surface area contributed by atoms with E-state index in [1.807, 2.05) is 6.26 Å². The summed E-state index contributed by atoms with van der Waals surface area (Å²) in [6, 6.07) is 0. The lowest BCUT2D eigenvalue weighted by molar-refractivity contribution is 1.06. The van der Waals surface area contributed by atoms with Crippen LogP contribution < -0.4 is 5.32 Å². The van der Waals surface area contributed by atoms with Gasteiger partial charge in [-0.25, -0.2) is 0 Å². The van der Waals surface area contributed by atoms with Gasteiger partial charge in [0.2, 0.25) is 6.19 Å². The number of hydrogen-bond donors (Lipinski definition) is 1. The third-order valence-corrected chi connectivity index (χ3v) is 1.24. The molecule has 0 aromatic heterocycles. The van der Waals surface area contributed by atoms with Crippen LogP contribution in [0.1, 0.15) is 0 Å². The summed E-state index contributed by atoms with van der Waals surface area (Å²) < 4.78 is 0. The van der Waals surface area contributed by atoms with Crippen LogP contribution in [0.15, 0.2) is 4.99 Å². The molecule has 1 N–H and O–H groups in total. The largest absolute Gasteiger partial charge is 0.364 e. The number of rotatable bonds is 1. The first-order chi connectivity index (χ1) is 4.35. The molecule has 0 aliphatic carbocycles. The van der Waals surface area contributed by atoms with Crippen LogP contribution in [0.2, 0.25) is 0 Å². The maximum Gasteiger partial charge on any atom is 0.208 e. The van der Waals surface area contributed by atoms with Gasteiger partial charge in [0.25, 0.3) is 0 Å². The van der Waals surface area contributed by atoms with Crippen LogP contribution in [-0.2, 0) is 0 Å². The minimum atomic E-state index is 0.557. The zero-order valence-corrected chi connectivity index (χ0v) is 6.03. The number of nitrogens with zero attached hydrogens (tertiary/aromatic N) is 2. The second-order valence-electron chi connectivity index (χ2n) is 1.15. The Bertz CT molecular complexity index is 136. The van der Waals surface area contributed by atoms with Crippen LogP contribution in [0.4, 0.5) is 0 Å². The second kappa shape index (κ2) is 5.45. The van der Waals surface area contributed by atoms with Gasteiger partial charge in [-0.3, -0.25) is 0 Å². The van der Waals surface area contributed by atoms with Crippen molar-refractivity contribution < 1.29 is 0 Å². The molecule has 0 unspecified atom stereocenters. The molecular formula is C5H8N3S.